The van der Waals surface area contributed by atoms with Crippen molar-refractivity contribution in [3.05, 3.63) is 36.0 Å². The lowest BCUT2D eigenvalue weighted by atomic mass is 10.1. The molecule has 0 bridgehead atoms. The maximum atomic E-state index is 12.6. The van der Waals surface area contributed by atoms with E-state index in [9.17, 15) is 19.2 Å². The van der Waals surface area contributed by atoms with Gasteiger partial charge in [-0.15, -0.1) is 5.10 Å². The Labute approximate surface area is 195 Å². The highest BCUT2D eigenvalue weighted by atomic mass is 16.7. The van der Waals surface area contributed by atoms with Gasteiger partial charge in [0.05, 0.1) is 6.61 Å². The van der Waals surface area contributed by atoms with Gasteiger partial charge in [-0.2, -0.15) is 0 Å². The van der Waals surface area contributed by atoms with E-state index in [4.69, 9.17) is 23.7 Å². The van der Waals surface area contributed by atoms with Crippen molar-refractivity contribution in [3.8, 4) is 11.3 Å². The van der Waals surface area contributed by atoms with Crippen molar-refractivity contribution in [3.63, 3.8) is 0 Å². The van der Waals surface area contributed by atoms with E-state index in [1.54, 1.807) is 37.3 Å². The summed E-state index contributed by atoms with van der Waals surface area (Å²) in [6.07, 6.45) is -4.45. The van der Waals surface area contributed by atoms with Crippen LogP contribution in [0.3, 0.4) is 0 Å². The number of carbonyl (C=O) groups is 4. The summed E-state index contributed by atoms with van der Waals surface area (Å²) in [5.74, 6) is -2.61. The lowest BCUT2D eigenvalue weighted by Gasteiger charge is -2.23. The Hall–Kier alpha value is -3.80. The van der Waals surface area contributed by atoms with Crippen LogP contribution in [0, 0.1) is 0 Å². The van der Waals surface area contributed by atoms with E-state index in [1.165, 1.54) is 25.5 Å². The van der Waals surface area contributed by atoms with Gasteiger partial charge in [0.15, 0.2) is 24.1 Å². The average molecular weight is 475 g/mol. The van der Waals surface area contributed by atoms with Crippen LogP contribution in [-0.2, 0) is 38.1 Å². The third-order valence-electron chi connectivity index (χ3n) is 4.79. The third kappa shape index (κ3) is 5.57. The Morgan fingerprint density at radius 3 is 2.18 bits per heavy atom. The van der Waals surface area contributed by atoms with Crippen molar-refractivity contribution in [1.82, 2.24) is 15.0 Å². The molecule has 3 rings (SSSR count). The number of aromatic nitrogens is 3. The number of hydrogen-bond donors (Lipinski definition) is 0. The number of ether oxygens (including phenoxy) is 5. The predicted molar refractivity (Wildman–Crippen MR) is 113 cm³/mol. The molecule has 0 spiro atoms. The molecule has 2 aromatic rings. The highest BCUT2D eigenvalue weighted by Gasteiger charge is 2.52. The standard InChI is InChI=1S/C22H25N3O9/c1-5-30-22(29)17-18(15-9-7-6-8-10-15)25(24-23-17)21-20(33-14(4)28)19(32-13(3)27)16(34-21)11-31-12(2)26/h6-10,16,19-21H,5,11H2,1-4H3. The molecule has 0 N–H and O–H groups in total. The first-order valence-electron chi connectivity index (χ1n) is 10.5. The number of carbonyl (C=O) groups excluding carboxylic acids is 4. The number of rotatable bonds is 8. The molecule has 1 aromatic carbocycles. The van der Waals surface area contributed by atoms with Gasteiger partial charge in [0.1, 0.15) is 18.4 Å². The van der Waals surface area contributed by atoms with Crippen molar-refractivity contribution < 1.29 is 42.9 Å². The second-order valence-electron chi connectivity index (χ2n) is 7.33. The van der Waals surface area contributed by atoms with Gasteiger partial charge in [-0.1, -0.05) is 35.5 Å². The zero-order valence-corrected chi connectivity index (χ0v) is 19.1. The molecule has 0 radical (unpaired) electrons. The highest BCUT2D eigenvalue weighted by molar-refractivity contribution is 5.94. The van der Waals surface area contributed by atoms with E-state index in [0.717, 1.165) is 0 Å². The summed E-state index contributed by atoms with van der Waals surface area (Å²) in [4.78, 5) is 47.7. The molecule has 1 aliphatic heterocycles. The van der Waals surface area contributed by atoms with E-state index in [0.29, 0.717) is 5.56 Å². The SMILES string of the molecule is CCOC(=O)c1nnn(C2OC(COC(C)=O)C(OC(C)=O)C2OC(C)=O)c1-c1ccccc1. The van der Waals surface area contributed by atoms with Crippen LogP contribution in [0.4, 0.5) is 0 Å². The molecule has 1 aromatic heterocycles. The Bertz CT molecular complexity index is 1050. The van der Waals surface area contributed by atoms with Gasteiger partial charge in [0.25, 0.3) is 0 Å². The van der Waals surface area contributed by atoms with Crippen molar-refractivity contribution in [1.29, 1.82) is 0 Å². The summed E-state index contributed by atoms with van der Waals surface area (Å²) in [7, 11) is 0. The van der Waals surface area contributed by atoms with Crippen LogP contribution in [-0.4, -0.2) is 70.4 Å². The van der Waals surface area contributed by atoms with E-state index in [-0.39, 0.29) is 24.6 Å². The van der Waals surface area contributed by atoms with E-state index >= 15 is 0 Å². The highest BCUT2D eigenvalue weighted by Crippen LogP contribution is 2.37. The van der Waals surface area contributed by atoms with Gasteiger partial charge in [0, 0.05) is 26.3 Å². The molecule has 4 atom stereocenters. The van der Waals surface area contributed by atoms with Crippen LogP contribution >= 0.6 is 0 Å². The molecule has 12 heteroatoms. The van der Waals surface area contributed by atoms with Gasteiger partial charge in [-0.3, -0.25) is 14.4 Å². The molecule has 12 nitrogen and oxygen atoms in total. The van der Waals surface area contributed by atoms with Crippen LogP contribution in [0.5, 0.6) is 0 Å². The summed E-state index contributed by atoms with van der Waals surface area (Å²) < 4.78 is 28.3. The fraction of sp³-hybridized carbons (Fsp3) is 0.455. The molecular weight excluding hydrogens is 450 g/mol. The molecule has 182 valence electrons. The number of hydrogen-bond acceptors (Lipinski definition) is 11. The second kappa shape index (κ2) is 10.9. The number of esters is 4. The first-order chi connectivity index (χ1) is 16.2. The zero-order chi connectivity index (χ0) is 24.8. The summed E-state index contributed by atoms with van der Waals surface area (Å²) in [5.41, 5.74) is 0.731. The van der Waals surface area contributed by atoms with E-state index in [1.807, 2.05) is 0 Å². The largest absolute Gasteiger partial charge is 0.463 e. The molecule has 2 heterocycles. The van der Waals surface area contributed by atoms with Crippen LogP contribution < -0.4 is 0 Å². The normalized spacial score (nSPS) is 21.5. The van der Waals surface area contributed by atoms with Crippen LogP contribution in [0.2, 0.25) is 0 Å². The second-order valence-corrected chi connectivity index (χ2v) is 7.33. The Kier molecular flexibility index (Phi) is 7.95. The quantitative estimate of drug-likeness (QED) is 0.404. The molecule has 4 unspecified atom stereocenters. The van der Waals surface area contributed by atoms with Crippen molar-refractivity contribution in [2.45, 2.75) is 52.2 Å². The van der Waals surface area contributed by atoms with Gasteiger partial charge < -0.3 is 23.7 Å². The molecule has 1 fully saturated rings. The van der Waals surface area contributed by atoms with Crippen molar-refractivity contribution >= 4 is 23.9 Å². The van der Waals surface area contributed by atoms with Crippen molar-refractivity contribution in [2.75, 3.05) is 13.2 Å². The molecule has 0 saturated carbocycles. The lowest BCUT2D eigenvalue weighted by Crippen LogP contribution is -2.40. The van der Waals surface area contributed by atoms with Crippen LogP contribution in [0.1, 0.15) is 44.4 Å². The Morgan fingerprint density at radius 1 is 0.941 bits per heavy atom. The summed E-state index contributed by atoms with van der Waals surface area (Å²) >= 11 is 0. The first kappa shape index (κ1) is 24.8. The first-order valence-corrected chi connectivity index (χ1v) is 10.5. The molecule has 0 amide bonds. The minimum atomic E-state index is -1.18. The molecule has 1 aliphatic rings. The molecular formula is C22H25N3O9. The van der Waals surface area contributed by atoms with Gasteiger partial charge in [-0.05, 0) is 6.92 Å². The predicted octanol–water partition coefficient (Wildman–Crippen LogP) is 1.45. The molecule has 34 heavy (non-hydrogen) atoms. The van der Waals surface area contributed by atoms with Gasteiger partial charge in [0.2, 0.25) is 0 Å². The lowest BCUT2D eigenvalue weighted by molar-refractivity contribution is -0.166. The van der Waals surface area contributed by atoms with Crippen LogP contribution in [0.15, 0.2) is 30.3 Å². The van der Waals surface area contributed by atoms with E-state index < -0.39 is 48.4 Å². The smallest absolute Gasteiger partial charge is 0.361 e. The fourth-order valence-electron chi connectivity index (χ4n) is 3.56. The van der Waals surface area contributed by atoms with E-state index in [2.05, 4.69) is 10.3 Å². The zero-order valence-electron chi connectivity index (χ0n) is 19.1. The van der Waals surface area contributed by atoms with Gasteiger partial charge in [-0.25, -0.2) is 9.48 Å². The maximum Gasteiger partial charge on any atom is 0.361 e. The number of benzene rings is 1. The maximum absolute atomic E-state index is 12.6. The van der Waals surface area contributed by atoms with Crippen molar-refractivity contribution in [2.24, 2.45) is 0 Å². The average Bonchev–Trinajstić information content (AvgIpc) is 3.35. The topological polar surface area (TPSA) is 145 Å². The summed E-state index contributed by atoms with van der Waals surface area (Å²) in [6.45, 7) is 5.09. The number of nitrogens with zero attached hydrogens (tertiary/aromatic N) is 3. The minimum absolute atomic E-state index is 0.0781. The minimum Gasteiger partial charge on any atom is -0.463 e. The summed E-state index contributed by atoms with van der Waals surface area (Å²) in [5, 5.41) is 8.06. The van der Waals surface area contributed by atoms with Gasteiger partial charge >= 0.3 is 23.9 Å². The summed E-state index contributed by atoms with van der Waals surface area (Å²) in [6, 6.07) is 8.76. The van der Waals surface area contributed by atoms with Crippen LogP contribution in [0.25, 0.3) is 11.3 Å². The fourth-order valence-corrected chi connectivity index (χ4v) is 3.56. The Balaban J connectivity index is 2.11. The molecule has 1 saturated heterocycles. The monoisotopic (exact) mass is 475 g/mol. The Morgan fingerprint density at radius 2 is 1.59 bits per heavy atom. The third-order valence-corrected chi connectivity index (χ3v) is 4.79. The molecule has 0 aliphatic carbocycles.